The summed E-state index contributed by atoms with van der Waals surface area (Å²) in [5, 5.41) is 11.9. The predicted octanol–water partition coefficient (Wildman–Crippen LogP) is 2.19. The Morgan fingerprint density at radius 1 is 1.35 bits per heavy atom. The van der Waals surface area contributed by atoms with Gasteiger partial charge in [-0.2, -0.15) is 0 Å². The highest BCUT2D eigenvalue weighted by Gasteiger charge is 2.15. The number of hydrogen-bond donors (Lipinski definition) is 2. The molecule has 17 heavy (non-hydrogen) atoms. The predicted molar refractivity (Wildman–Crippen MR) is 69.2 cm³/mol. The van der Waals surface area contributed by atoms with Crippen molar-refractivity contribution in [3.63, 3.8) is 0 Å². The summed E-state index contributed by atoms with van der Waals surface area (Å²) in [6, 6.07) is 5.88. The fraction of sp³-hybridized carbons (Fsp3) is 0.500. The second kappa shape index (κ2) is 6.40. The van der Waals surface area contributed by atoms with Crippen molar-refractivity contribution in [2.75, 3.05) is 6.61 Å². The standard InChI is InChI=1S/C14H21NO2/c1-4-12(8-9-16)15-14(17)13-10(2)6-5-7-11(13)3/h5-7,12,16H,4,8-9H2,1-3H3,(H,15,17). The Bertz CT molecular complexity index is 368. The van der Waals surface area contributed by atoms with E-state index < -0.39 is 0 Å². The molecule has 0 fully saturated rings. The van der Waals surface area contributed by atoms with E-state index >= 15 is 0 Å². The molecule has 0 aromatic heterocycles. The number of rotatable bonds is 5. The van der Waals surface area contributed by atoms with Crippen LogP contribution >= 0.6 is 0 Å². The van der Waals surface area contributed by atoms with Crippen molar-refractivity contribution in [3.8, 4) is 0 Å². The molecule has 1 aromatic carbocycles. The second-order valence-corrected chi connectivity index (χ2v) is 4.36. The van der Waals surface area contributed by atoms with Crippen molar-refractivity contribution in [2.24, 2.45) is 0 Å². The van der Waals surface area contributed by atoms with Gasteiger partial charge in [0, 0.05) is 18.2 Å². The first kappa shape index (κ1) is 13.7. The van der Waals surface area contributed by atoms with Crippen LogP contribution in [0.1, 0.15) is 41.3 Å². The molecule has 0 heterocycles. The average Bonchev–Trinajstić information content (AvgIpc) is 2.28. The first-order valence-electron chi connectivity index (χ1n) is 6.08. The van der Waals surface area contributed by atoms with E-state index in [1.54, 1.807) is 0 Å². The minimum absolute atomic E-state index is 0.0408. The minimum Gasteiger partial charge on any atom is -0.396 e. The quantitative estimate of drug-likeness (QED) is 0.822. The van der Waals surface area contributed by atoms with E-state index in [1.807, 2.05) is 39.0 Å². The Morgan fingerprint density at radius 3 is 2.41 bits per heavy atom. The summed E-state index contributed by atoms with van der Waals surface area (Å²) in [5.41, 5.74) is 2.73. The number of carbonyl (C=O) groups is 1. The van der Waals surface area contributed by atoms with Gasteiger partial charge in [-0.15, -0.1) is 0 Å². The zero-order chi connectivity index (χ0) is 12.8. The SMILES string of the molecule is CCC(CCO)NC(=O)c1c(C)cccc1C. The second-order valence-electron chi connectivity index (χ2n) is 4.36. The summed E-state index contributed by atoms with van der Waals surface area (Å²) >= 11 is 0. The lowest BCUT2D eigenvalue weighted by Crippen LogP contribution is -2.35. The number of amides is 1. The summed E-state index contributed by atoms with van der Waals surface area (Å²) in [6.07, 6.45) is 1.43. The maximum Gasteiger partial charge on any atom is 0.252 e. The van der Waals surface area contributed by atoms with Crippen molar-refractivity contribution in [1.29, 1.82) is 0 Å². The number of benzene rings is 1. The molecule has 0 bridgehead atoms. The van der Waals surface area contributed by atoms with Crippen molar-refractivity contribution in [1.82, 2.24) is 5.32 Å². The van der Waals surface area contributed by atoms with Crippen LogP contribution in [0.4, 0.5) is 0 Å². The molecule has 1 aromatic rings. The monoisotopic (exact) mass is 235 g/mol. The first-order chi connectivity index (χ1) is 8.10. The first-order valence-corrected chi connectivity index (χ1v) is 6.08. The van der Waals surface area contributed by atoms with Crippen LogP contribution in [0.2, 0.25) is 0 Å². The summed E-state index contributed by atoms with van der Waals surface area (Å²) in [6.45, 7) is 5.99. The number of nitrogens with one attached hydrogen (secondary N) is 1. The molecule has 0 aliphatic carbocycles. The van der Waals surface area contributed by atoms with E-state index in [2.05, 4.69) is 5.32 Å². The van der Waals surface area contributed by atoms with Crippen LogP contribution in [-0.4, -0.2) is 23.7 Å². The molecule has 1 rings (SSSR count). The van der Waals surface area contributed by atoms with Crippen LogP contribution < -0.4 is 5.32 Å². The molecule has 0 saturated heterocycles. The molecule has 1 unspecified atom stereocenters. The maximum atomic E-state index is 12.1. The molecule has 94 valence electrons. The molecule has 0 aliphatic rings. The Morgan fingerprint density at radius 2 is 1.94 bits per heavy atom. The van der Waals surface area contributed by atoms with Gasteiger partial charge in [0.25, 0.3) is 5.91 Å². The van der Waals surface area contributed by atoms with E-state index in [4.69, 9.17) is 5.11 Å². The van der Waals surface area contributed by atoms with Gasteiger partial charge in [-0.05, 0) is 37.8 Å². The Labute approximate surface area is 103 Å². The van der Waals surface area contributed by atoms with Crippen LogP contribution in [0.25, 0.3) is 0 Å². The number of hydrogen-bond acceptors (Lipinski definition) is 2. The van der Waals surface area contributed by atoms with Crippen molar-refractivity contribution < 1.29 is 9.90 Å². The van der Waals surface area contributed by atoms with Crippen LogP contribution in [0.15, 0.2) is 18.2 Å². The van der Waals surface area contributed by atoms with Crippen molar-refractivity contribution >= 4 is 5.91 Å². The lowest BCUT2D eigenvalue weighted by atomic mass is 10.0. The lowest BCUT2D eigenvalue weighted by molar-refractivity contribution is 0.0928. The number of aliphatic hydroxyl groups excluding tert-OH is 1. The molecular formula is C14H21NO2. The smallest absolute Gasteiger partial charge is 0.252 e. The molecule has 0 saturated carbocycles. The van der Waals surface area contributed by atoms with E-state index in [0.717, 1.165) is 23.1 Å². The normalized spacial score (nSPS) is 12.2. The van der Waals surface area contributed by atoms with Gasteiger partial charge in [0.05, 0.1) is 0 Å². The van der Waals surface area contributed by atoms with Crippen LogP contribution in [0.5, 0.6) is 0 Å². The fourth-order valence-electron chi connectivity index (χ4n) is 1.96. The molecule has 0 spiro atoms. The maximum absolute atomic E-state index is 12.1. The topological polar surface area (TPSA) is 49.3 Å². The molecule has 1 atom stereocenters. The van der Waals surface area contributed by atoms with Crippen LogP contribution in [0, 0.1) is 13.8 Å². The Balaban J connectivity index is 2.82. The van der Waals surface area contributed by atoms with Gasteiger partial charge in [0.1, 0.15) is 0 Å². The molecule has 0 radical (unpaired) electrons. The van der Waals surface area contributed by atoms with Gasteiger partial charge in [-0.25, -0.2) is 0 Å². The van der Waals surface area contributed by atoms with Gasteiger partial charge >= 0.3 is 0 Å². The van der Waals surface area contributed by atoms with Crippen molar-refractivity contribution in [2.45, 2.75) is 39.7 Å². The number of carbonyl (C=O) groups excluding carboxylic acids is 1. The number of aliphatic hydroxyl groups is 1. The van der Waals surface area contributed by atoms with Gasteiger partial charge in [0.15, 0.2) is 0 Å². The average molecular weight is 235 g/mol. The Hall–Kier alpha value is -1.35. The summed E-state index contributed by atoms with van der Waals surface area (Å²) < 4.78 is 0. The number of aryl methyl sites for hydroxylation is 2. The van der Waals surface area contributed by atoms with Crippen LogP contribution in [-0.2, 0) is 0 Å². The van der Waals surface area contributed by atoms with Gasteiger partial charge in [0.2, 0.25) is 0 Å². The van der Waals surface area contributed by atoms with E-state index in [-0.39, 0.29) is 18.6 Å². The van der Waals surface area contributed by atoms with E-state index in [1.165, 1.54) is 0 Å². The molecule has 1 amide bonds. The van der Waals surface area contributed by atoms with Gasteiger partial charge in [-0.3, -0.25) is 4.79 Å². The summed E-state index contributed by atoms with van der Waals surface area (Å²) in [4.78, 5) is 12.1. The highest BCUT2D eigenvalue weighted by atomic mass is 16.3. The molecule has 3 heteroatoms. The third-order valence-corrected chi connectivity index (χ3v) is 3.01. The lowest BCUT2D eigenvalue weighted by Gasteiger charge is -2.17. The minimum atomic E-state index is -0.0408. The highest BCUT2D eigenvalue weighted by molar-refractivity contribution is 5.97. The zero-order valence-electron chi connectivity index (χ0n) is 10.8. The fourth-order valence-corrected chi connectivity index (χ4v) is 1.96. The van der Waals surface area contributed by atoms with Crippen molar-refractivity contribution in [3.05, 3.63) is 34.9 Å². The molecular weight excluding hydrogens is 214 g/mol. The van der Waals surface area contributed by atoms with Gasteiger partial charge < -0.3 is 10.4 Å². The summed E-state index contributed by atoms with van der Waals surface area (Å²) in [5.74, 6) is -0.0408. The Kier molecular flexibility index (Phi) is 5.16. The highest BCUT2D eigenvalue weighted by Crippen LogP contribution is 2.13. The third kappa shape index (κ3) is 3.56. The third-order valence-electron chi connectivity index (χ3n) is 3.01. The zero-order valence-corrected chi connectivity index (χ0v) is 10.8. The van der Waals surface area contributed by atoms with E-state index in [9.17, 15) is 4.79 Å². The molecule has 2 N–H and O–H groups in total. The molecule has 3 nitrogen and oxygen atoms in total. The largest absolute Gasteiger partial charge is 0.396 e. The van der Waals surface area contributed by atoms with E-state index in [0.29, 0.717) is 6.42 Å². The van der Waals surface area contributed by atoms with Crippen LogP contribution in [0.3, 0.4) is 0 Å². The molecule has 0 aliphatic heterocycles. The van der Waals surface area contributed by atoms with Gasteiger partial charge in [-0.1, -0.05) is 25.1 Å². The summed E-state index contributed by atoms with van der Waals surface area (Å²) in [7, 11) is 0.